The highest BCUT2D eigenvalue weighted by Crippen LogP contribution is 2.20. The number of carbonyl (C=O) groups excluding carboxylic acids is 1. The second kappa shape index (κ2) is 5.09. The number of benzene rings is 2. The first-order valence-corrected chi connectivity index (χ1v) is 6.76. The highest BCUT2D eigenvalue weighted by Gasteiger charge is 2.12. The molecule has 0 saturated heterocycles. The molecule has 0 bridgehead atoms. The van der Waals surface area contributed by atoms with Crippen LogP contribution in [0.5, 0.6) is 0 Å². The molecular formula is C15H10BrFN2O. The third kappa shape index (κ3) is 2.44. The number of aromatic nitrogens is 1. The predicted octanol–water partition coefficient (Wildman–Crippen LogP) is 4.32. The van der Waals surface area contributed by atoms with Gasteiger partial charge < -0.3 is 10.3 Å². The van der Waals surface area contributed by atoms with Crippen molar-refractivity contribution in [2.45, 2.75) is 0 Å². The summed E-state index contributed by atoms with van der Waals surface area (Å²) in [4.78, 5) is 15.2. The number of hydrogen-bond donors (Lipinski definition) is 2. The van der Waals surface area contributed by atoms with Crippen molar-refractivity contribution in [3.05, 3.63) is 64.5 Å². The molecule has 1 amide bonds. The van der Waals surface area contributed by atoms with E-state index in [9.17, 15) is 9.18 Å². The van der Waals surface area contributed by atoms with Crippen LogP contribution < -0.4 is 5.32 Å². The molecule has 0 aliphatic heterocycles. The molecule has 0 saturated carbocycles. The molecular weight excluding hydrogens is 323 g/mol. The Kier molecular flexibility index (Phi) is 3.28. The molecule has 0 fully saturated rings. The van der Waals surface area contributed by atoms with E-state index in [2.05, 4.69) is 26.2 Å². The summed E-state index contributed by atoms with van der Waals surface area (Å²) in [7, 11) is 0. The van der Waals surface area contributed by atoms with Gasteiger partial charge in [-0.3, -0.25) is 4.79 Å². The van der Waals surface area contributed by atoms with Gasteiger partial charge >= 0.3 is 0 Å². The molecule has 20 heavy (non-hydrogen) atoms. The highest BCUT2D eigenvalue weighted by atomic mass is 79.9. The lowest BCUT2D eigenvalue weighted by atomic mass is 10.2. The Morgan fingerprint density at radius 3 is 2.85 bits per heavy atom. The lowest BCUT2D eigenvalue weighted by Crippen LogP contribution is -2.13. The van der Waals surface area contributed by atoms with Gasteiger partial charge in [0.05, 0.1) is 5.56 Å². The molecule has 1 aromatic heterocycles. The molecule has 0 aliphatic rings. The van der Waals surface area contributed by atoms with Crippen molar-refractivity contribution in [1.82, 2.24) is 4.98 Å². The van der Waals surface area contributed by atoms with Crippen LogP contribution in [0, 0.1) is 5.82 Å². The first kappa shape index (κ1) is 12.9. The van der Waals surface area contributed by atoms with E-state index >= 15 is 0 Å². The van der Waals surface area contributed by atoms with Gasteiger partial charge in [0.2, 0.25) is 0 Å². The highest BCUT2D eigenvalue weighted by molar-refractivity contribution is 9.10. The monoisotopic (exact) mass is 332 g/mol. The Labute approximate surface area is 122 Å². The van der Waals surface area contributed by atoms with Crippen LogP contribution in [0.25, 0.3) is 10.9 Å². The fraction of sp³-hybridized carbons (Fsp3) is 0. The van der Waals surface area contributed by atoms with Crippen molar-refractivity contribution in [1.29, 1.82) is 0 Å². The summed E-state index contributed by atoms with van der Waals surface area (Å²) < 4.78 is 14.3. The van der Waals surface area contributed by atoms with Crippen molar-refractivity contribution >= 4 is 38.4 Å². The van der Waals surface area contributed by atoms with Gasteiger partial charge in [-0.2, -0.15) is 0 Å². The zero-order chi connectivity index (χ0) is 14.1. The van der Waals surface area contributed by atoms with Crippen LogP contribution in [0.15, 0.2) is 53.1 Å². The van der Waals surface area contributed by atoms with Crippen molar-refractivity contribution in [3.8, 4) is 0 Å². The fourth-order valence-electron chi connectivity index (χ4n) is 2.00. The van der Waals surface area contributed by atoms with E-state index in [4.69, 9.17) is 0 Å². The third-order valence-corrected chi connectivity index (χ3v) is 3.48. The molecule has 0 unspecified atom stereocenters. The summed E-state index contributed by atoms with van der Waals surface area (Å²) >= 11 is 3.23. The van der Waals surface area contributed by atoms with E-state index in [-0.39, 0.29) is 5.56 Å². The summed E-state index contributed by atoms with van der Waals surface area (Å²) in [6.07, 6.45) is 1.82. The molecule has 0 aliphatic carbocycles. The number of aromatic amines is 1. The van der Waals surface area contributed by atoms with E-state index in [0.29, 0.717) is 10.2 Å². The Hall–Kier alpha value is -2.14. The number of halogens is 2. The number of carbonyl (C=O) groups is 1. The fourth-order valence-corrected chi connectivity index (χ4v) is 2.36. The van der Waals surface area contributed by atoms with E-state index in [1.807, 2.05) is 24.4 Å². The van der Waals surface area contributed by atoms with Crippen molar-refractivity contribution < 1.29 is 9.18 Å². The molecule has 5 heteroatoms. The van der Waals surface area contributed by atoms with Crippen LogP contribution in [-0.2, 0) is 0 Å². The summed E-state index contributed by atoms with van der Waals surface area (Å²) in [6.45, 7) is 0. The van der Waals surface area contributed by atoms with Crippen LogP contribution in [-0.4, -0.2) is 10.9 Å². The summed E-state index contributed by atoms with van der Waals surface area (Å²) in [5, 5.41) is 3.68. The number of nitrogens with one attached hydrogen (secondary N) is 2. The van der Waals surface area contributed by atoms with E-state index in [0.717, 1.165) is 10.9 Å². The lowest BCUT2D eigenvalue weighted by molar-refractivity contribution is 0.102. The molecule has 3 aromatic rings. The Morgan fingerprint density at radius 1 is 1.15 bits per heavy atom. The van der Waals surface area contributed by atoms with Crippen molar-refractivity contribution in [3.63, 3.8) is 0 Å². The summed E-state index contributed by atoms with van der Waals surface area (Å²) in [6, 6.07) is 11.6. The van der Waals surface area contributed by atoms with E-state index < -0.39 is 11.7 Å². The Balaban J connectivity index is 1.89. The number of amides is 1. The Morgan fingerprint density at radius 2 is 2.00 bits per heavy atom. The predicted molar refractivity (Wildman–Crippen MR) is 80.4 cm³/mol. The first-order chi connectivity index (χ1) is 9.63. The molecule has 0 spiro atoms. The number of fused-ring (bicyclic) bond motifs is 1. The number of anilines is 1. The quantitative estimate of drug-likeness (QED) is 0.721. The third-order valence-electron chi connectivity index (χ3n) is 2.98. The molecule has 2 aromatic carbocycles. The standard InChI is InChI=1S/C15H10BrFN2O/c16-10-1-3-13(17)12(8-10)15(20)19-11-2-4-14-9(7-11)5-6-18-14/h1-8,18H,(H,19,20). The van der Waals surface area contributed by atoms with Gasteiger partial charge in [-0.25, -0.2) is 4.39 Å². The maximum absolute atomic E-state index is 13.6. The topological polar surface area (TPSA) is 44.9 Å². The van der Waals surface area contributed by atoms with Gasteiger partial charge in [0, 0.05) is 27.3 Å². The Bertz CT molecular complexity index is 797. The molecule has 3 nitrogen and oxygen atoms in total. The molecule has 0 atom stereocenters. The SMILES string of the molecule is O=C(Nc1ccc2[nH]ccc2c1)c1cc(Br)ccc1F. The van der Waals surface area contributed by atoms with Crippen LogP contribution >= 0.6 is 15.9 Å². The minimum absolute atomic E-state index is 0.00791. The second-order valence-corrected chi connectivity index (χ2v) is 5.27. The second-order valence-electron chi connectivity index (χ2n) is 4.36. The van der Waals surface area contributed by atoms with Gasteiger partial charge in [-0.15, -0.1) is 0 Å². The van der Waals surface area contributed by atoms with Gasteiger partial charge in [0.15, 0.2) is 0 Å². The molecule has 3 rings (SSSR count). The van der Waals surface area contributed by atoms with E-state index in [1.54, 1.807) is 12.1 Å². The zero-order valence-electron chi connectivity index (χ0n) is 10.3. The van der Waals surface area contributed by atoms with E-state index in [1.165, 1.54) is 12.1 Å². The largest absolute Gasteiger partial charge is 0.361 e. The van der Waals surface area contributed by atoms with Crippen molar-refractivity contribution in [2.24, 2.45) is 0 Å². The maximum atomic E-state index is 13.6. The summed E-state index contributed by atoms with van der Waals surface area (Å²) in [5.41, 5.74) is 1.62. The molecule has 1 heterocycles. The molecule has 2 N–H and O–H groups in total. The average Bonchev–Trinajstić information content (AvgIpc) is 2.89. The zero-order valence-corrected chi connectivity index (χ0v) is 11.9. The normalized spacial score (nSPS) is 10.7. The summed E-state index contributed by atoms with van der Waals surface area (Å²) in [5.74, 6) is -1.02. The van der Waals surface area contributed by atoms with Gasteiger partial charge in [-0.05, 0) is 42.5 Å². The number of hydrogen-bond acceptors (Lipinski definition) is 1. The smallest absolute Gasteiger partial charge is 0.258 e. The molecule has 0 radical (unpaired) electrons. The lowest BCUT2D eigenvalue weighted by Gasteiger charge is -2.07. The van der Waals surface area contributed by atoms with Crippen LogP contribution in [0.3, 0.4) is 0 Å². The molecule has 100 valence electrons. The van der Waals surface area contributed by atoms with Crippen molar-refractivity contribution in [2.75, 3.05) is 5.32 Å². The van der Waals surface area contributed by atoms with Crippen LogP contribution in [0.2, 0.25) is 0 Å². The number of H-pyrrole nitrogens is 1. The minimum Gasteiger partial charge on any atom is -0.361 e. The van der Waals surface area contributed by atoms with Crippen LogP contribution in [0.1, 0.15) is 10.4 Å². The average molecular weight is 333 g/mol. The van der Waals surface area contributed by atoms with Gasteiger partial charge in [0.1, 0.15) is 5.82 Å². The first-order valence-electron chi connectivity index (χ1n) is 5.97. The van der Waals surface area contributed by atoms with Gasteiger partial charge in [-0.1, -0.05) is 15.9 Å². The van der Waals surface area contributed by atoms with Crippen LogP contribution in [0.4, 0.5) is 10.1 Å². The number of rotatable bonds is 2. The maximum Gasteiger partial charge on any atom is 0.258 e. The minimum atomic E-state index is -0.548. The van der Waals surface area contributed by atoms with Gasteiger partial charge in [0.25, 0.3) is 5.91 Å².